The van der Waals surface area contributed by atoms with E-state index in [2.05, 4.69) is 11.3 Å². The first-order valence-electron chi connectivity index (χ1n) is 4.20. The SMILES string of the molecule is C=C(Cl)/C(=C\C=C/C)OC(F)F.CC. The Morgan fingerprint density at radius 2 is 1.93 bits per heavy atom. The smallest absolute Gasteiger partial charge is 0.387 e. The maximum Gasteiger partial charge on any atom is 0.387 e. The highest BCUT2D eigenvalue weighted by atomic mass is 35.5. The van der Waals surface area contributed by atoms with Gasteiger partial charge in [-0.25, -0.2) is 0 Å². The Labute approximate surface area is 88.7 Å². The molecule has 0 rings (SSSR count). The van der Waals surface area contributed by atoms with Crippen molar-refractivity contribution in [1.29, 1.82) is 0 Å². The summed E-state index contributed by atoms with van der Waals surface area (Å²) in [5, 5.41) is -0.0478. The molecule has 0 heterocycles. The Balaban J connectivity index is 0. The van der Waals surface area contributed by atoms with Gasteiger partial charge in [0.1, 0.15) is 5.76 Å². The van der Waals surface area contributed by atoms with E-state index in [0.29, 0.717) is 0 Å². The lowest BCUT2D eigenvalue weighted by Crippen LogP contribution is -1.98. The highest BCUT2D eigenvalue weighted by Crippen LogP contribution is 2.16. The molecule has 0 bridgehead atoms. The number of hydrogen-bond acceptors (Lipinski definition) is 1. The Morgan fingerprint density at radius 3 is 2.21 bits per heavy atom. The first-order valence-corrected chi connectivity index (χ1v) is 4.58. The van der Waals surface area contributed by atoms with Crippen molar-refractivity contribution in [3.63, 3.8) is 0 Å². The van der Waals surface area contributed by atoms with E-state index in [1.807, 2.05) is 13.8 Å². The van der Waals surface area contributed by atoms with Crippen LogP contribution in [0.3, 0.4) is 0 Å². The second-order valence-corrected chi connectivity index (χ2v) is 2.30. The third kappa shape index (κ3) is 9.26. The highest BCUT2D eigenvalue weighted by Gasteiger charge is 2.07. The van der Waals surface area contributed by atoms with Crippen molar-refractivity contribution >= 4 is 11.6 Å². The third-order valence-electron chi connectivity index (χ3n) is 0.923. The summed E-state index contributed by atoms with van der Waals surface area (Å²) >= 11 is 5.37. The molecule has 14 heavy (non-hydrogen) atoms. The fourth-order valence-electron chi connectivity index (χ4n) is 0.473. The van der Waals surface area contributed by atoms with Crippen molar-refractivity contribution < 1.29 is 13.5 Å². The molecule has 1 nitrogen and oxygen atoms in total. The van der Waals surface area contributed by atoms with Gasteiger partial charge in [-0.2, -0.15) is 8.78 Å². The molecule has 0 aliphatic carbocycles. The third-order valence-corrected chi connectivity index (χ3v) is 1.11. The van der Waals surface area contributed by atoms with Gasteiger partial charge in [0.25, 0.3) is 0 Å². The van der Waals surface area contributed by atoms with Crippen molar-refractivity contribution in [2.45, 2.75) is 27.4 Å². The molecule has 82 valence electrons. The van der Waals surface area contributed by atoms with Gasteiger partial charge in [0.15, 0.2) is 0 Å². The zero-order valence-corrected chi connectivity index (χ0v) is 9.31. The maximum absolute atomic E-state index is 11.7. The van der Waals surface area contributed by atoms with Gasteiger partial charge < -0.3 is 4.74 Å². The lowest BCUT2D eigenvalue weighted by molar-refractivity contribution is -0.0924. The van der Waals surface area contributed by atoms with Crippen LogP contribution in [0.25, 0.3) is 0 Å². The van der Waals surface area contributed by atoms with Crippen LogP contribution in [-0.2, 0) is 4.74 Å². The number of alkyl halides is 2. The van der Waals surface area contributed by atoms with E-state index in [4.69, 9.17) is 11.6 Å². The van der Waals surface area contributed by atoms with Crippen LogP contribution in [0.15, 0.2) is 35.6 Å². The number of ether oxygens (including phenoxy) is 1. The molecule has 0 unspecified atom stereocenters. The molecule has 0 aromatic carbocycles. The van der Waals surface area contributed by atoms with Crippen LogP contribution in [0.2, 0.25) is 0 Å². The number of rotatable bonds is 4. The summed E-state index contributed by atoms with van der Waals surface area (Å²) < 4.78 is 27.4. The van der Waals surface area contributed by atoms with Gasteiger partial charge in [0.2, 0.25) is 0 Å². The number of halogens is 3. The van der Waals surface area contributed by atoms with E-state index in [1.54, 1.807) is 13.0 Å². The standard InChI is InChI=1S/C8H9ClF2O.C2H6/c1-3-4-5-7(6(2)9)12-8(10)11;1-2/h3-5,8H,2H2,1H3;1-2H3/b4-3-,7-5+;. The van der Waals surface area contributed by atoms with Gasteiger partial charge in [0, 0.05) is 0 Å². The topological polar surface area (TPSA) is 9.23 Å². The molecule has 0 aromatic rings. The van der Waals surface area contributed by atoms with E-state index in [-0.39, 0.29) is 10.8 Å². The summed E-state index contributed by atoms with van der Waals surface area (Å²) in [6.07, 6.45) is 4.52. The van der Waals surface area contributed by atoms with Crippen LogP contribution in [0.1, 0.15) is 20.8 Å². The zero-order valence-electron chi connectivity index (χ0n) is 8.56. The molecule has 0 spiro atoms. The van der Waals surface area contributed by atoms with Crippen LogP contribution >= 0.6 is 11.6 Å². The van der Waals surface area contributed by atoms with Crippen LogP contribution in [0.5, 0.6) is 0 Å². The fraction of sp³-hybridized carbons (Fsp3) is 0.400. The molecular formula is C10H15ClF2O. The summed E-state index contributed by atoms with van der Waals surface area (Å²) in [4.78, 5) is 0. The minimum absolute atomic E-state index is 0.0478. The maximum atomic E-state index is 11.7. The number of hydrogen-bond donors (Lipinski definition) is 0. The average Bonchev–Trinajstić information content (AvgIpc) is 2.14. The molecule has 0 aliphatic heterocycles. The number of allylic oxidation sites excluding steroid dienone is 4. The molecule has 0 saturated heterocycles. The molecule has 0 aliphatic rings. The van der Waals surface area contributed by atoms with Crippen LogP contribution < -0.4 is 0 Å². The zero-order chi connectivity index (χ0) is 11.6. The van der Waals surface area contributed by atoms with Crippen LogP contribution in [0, 0.1) is 0 Å². The summed E-state index contributed by atoms with van der Waals surface area (Å²) in [5.74, 6) is -0.121. The Morgan fingerprint density at radius 1 is 1.43 bits per heavy atom. The van der Waals surface area contributed by atoms with Crippen molar-refractivity contribution in [3.05, 3.63) is 35.6 Å². The average molecular weight is 225 g/mol. The molecule has 0 amide bonds. The van der Waals surface area contributed by atoms with Crippen molar-refractivity contribution in [1.82, 2.24) is 0 Å². The fourth-order valence-corrected chi connectivity index (χ4v) is 0.581. The first kappa shape index (κ1) is 15.6. The Hall–Kier alpha value is -0.830. The van der Waals surface area contributed by atoms with Gasteiger partial charge >= 0.3 is 6.61 Å². The lowest BCUT2D eigenvalue weighted by atomic mass is 10.4. The Bertz CT molecular complexity index is 210. The summed E-state index contributed by atoms with van der Waals surface area (Å²) in [6, 6.07) is 0. The second kappa shape index (κ2) is 10.3. The van der Waals surface area contributed by atoms with Crippen molar-refractivity contribution in [3.8, 4) is 0 Å². The molecule has 0 aromatic heterocycles. The highest BCUT2D eigenvalue weighted by molar-refractivity contribution is 6.31. The van der Waals surface area contributed by atoms with Crippen LogP contribution in [-0.4, -0.2) is 6.61 Å². The van der Waals surface area contributed by atoms with E-state index in [9.17, 15) is 8.78 Å². The van der Waals surface area contributed by atoms with E-state index >= 15 is 0 Å². The largest absolute Gasteiger partial charge is 0.433 e. The van der Waals surface area contributed by atoms with Crippen LogP contribution in [0.4, 0.5) is 8.78 Å². The minimum atomic E-state index is -2.88. The van der Waals surface area contributed by atoms with E-state index < -0.39 is 6.61 Å². The summed E-state index contributed by atoms with van der Waals surface area (Å²) in [6.45, 7) is 6.13. The Kier molecular flexibility index (Phi) is 11.4. The predicted molar refractivity (Wildman–Crippen MR) is 56.3 cm³/mol. The van der Waals surface area contributed by atoms with Gasteiger partial charge in [-0.3, -0.25) is 0 Å². The summed E-state index contributed by atoms with van der Waals surface area (Å²) in [5.41, 5.74) is 0. The molecule has 0 atom stereocenters. The van der Waals surface area contributed by atoms with Crippen molar-refractivity contribution in [2.24, 2.45) is 0 Å². The normalized spacial score (nSPS) is 11.2. The molecule has 0 radical (unpaired) electrons. The van der Waals surface area contributed by atoms with Gasteiger partial charge in [-0.05, 0) is 13.0 Å². The first-order chi connectivity index (χ1) is 6.57. The summed E-state index contributed by atoms with van der Waals surface area (Å²) in [7, 11) is 0. The second-order valence-electron chi connectivity index (χ2n) is 1.84. The molecule has 0 saturated carbocycles. The molecule has 4 heteroatoms. The molecule has 0 N–H and O–H groups in total. The van der Waals surface area contributed by atoms with Gasteiger partial charge in [-0.15, -0.1) is 0 Å². The van der Waals surface area contributed by atoms with Gasteiger partial charge in [-0.1, -0.05) is 44.2 Å². The van der Waals surface area contributed by atoms with E-state index in [1.165, 1.54) is 12.2 Å². The monoisotopic (exact) mass is 224 g/mol. The molecular weight excluding hydrogens is 210 g/mol. The quantitative estimate of drug-likeness (QED) is 0.506. The van der Waals surface area contributed by atoms with Gasteiger partial charge in [0.05, 0.1) is 5.03 Å². The van der Waals surface area contributed by atoms with Crippen molar-refractivity contribution in [2.75, 3.05) is 0 Å². The minimum Gasteiger partial charge on any atom is -0.433 e. The lowest BCUT2D eigenvalue weighted by Gasteiger charge is -2.05. The van der Waals surface area contributed by atoms with E-state index in [0.717, 1.165) is 0 Å². The predicted octanol–water partition coefficient (Wildman–Crippen LogP) is 4.46. The molecule has 0 fully saturated rings.